The Morgan fingerprint density at radius 2 is 1.97 bits per heavy atom. The van der Waals surface area contributed by atoms with E-state index < -0.39 is 5.97 Å². The fourth-order valence-electron chi connectivity index (χ4n) is 2.81. The Morgan fingerprint density at radius 3 is 2.66 bits per heavy atom. The molecule has 7 nitrogen and oxygen atoms in total. The van der Waals surface area contributed by atoms with Gasteiger partial charge in [-0.05, 0) is 55.0 Å². The molecule has 0 fully saturated rings. The minimum Gasteiger partial charge on any atom is -0.494 e. The van der Waals surface area contributed by atoms with Gasteiger partial charge in [0, 0.05) is 12.5 Å². The normalized spacial score (nSPS) is 11.7. The van der Waals surface area contributed by atoms with Crippen molar-refractivity contribution in [3.05, 3.63) is 69.0 Å². The number of fused-ring (bicyclic) bond motifs is 1. The quantitative estimate of drug-likeness (QED) is 0.374. The molecule has 2 aromatic carbocycles. The Kier molecular flexibility index (Phi) is 5.09. The Balaban J connectivity index is 1.67. The van der Waals surface area contributed by atoms with Crippen LogP contribution < -0.4 is 19.6 Å². The predicted octanol–water partition coefficient (Wildman–Crippen LogP) is 2.69. The van der Waals surface area contributed by atoms with E-state index in [1.807, 2.05) is 37.3 Å². The summed E-state index contributed by atoms with van der Waals surface area (Å²) in [4.78, 5) is 28.8. The van der Waals surface area contributed by atoms with Crippen LogP contribution in [0.25, 0.3) is 22.4 Å². The zero-order valence-electron chi connectivity index (χ0n) is 15.8. The van der Waals surface area contributed by atoms with Crippen molar-refractivity contribution in [3.63, 3.8) is 0 Å². The van der Waals surface area contributed by atoms with Crippen molar-refractivity contribution in [1.82, 2.24) is 14.6 Å². The lowest BCUT2D eigenvalue weighted by molar-refractivity contribution is -0.131. The van der Waals surface area contributed by atoms with E-state index in [2.05, 4.69) is 10.1 Å². The number of ether oxygens (including phenoxy) is 2. The second-order valence-electron chi connectivity index (χ2n) is 6.17. The monoisotopic (exact) mass is 407 g/mol. The Bertz CT molecular complexity index is 1290. The molecule has 8 heteroatoms. The summed E-state index contributed by atoms with van der Waals surface area (Å²) in [6.07, 6.45) is 1.73. The molecular weight excluding hydrogens is 390 g/mol. The third-order valence-corrected chi connectivity index (χ3v) is 4.98. The number of carbonyl (C=O) groups excluding carboxylic acids is 1. The van der Waals surface area contributed by atoms with Crippen LogP contribution in [0.15, 0.2) is 53.3 Å². The Morgan fingerprint density at radius 1 is 1.17 bits per heavy atom. The van der Waals surface area contributed by atoms with Crippen LogP contribution in [0.4, 0.5) is 0 Å². The number of esters is 1. The lowest BCUT2D eigenvalue weighted by Crippen LogP contribution is -2.23. The molecule has 4 rings (SSSR count). The summed E-state index contributed by atoms with van der Waals surface area (Å²) in [5.74, 6) is 1.29. The zero-order valence-corrected chi connectivity index (χ0v) is 16.6. The first-order valence-corrected chi connectivity index (χ1v) is 9.78. The molecule has 0 spiro atoms. The average molecular weight is 407 g/mol. The number of hydrogen-bond acceptors (Lipinski definition) is 7. The molecule has 0 aliphatic rings. The van der Waals surface area contributed by atoms with Crippen LogP contribution in [-0.4, -0.2) is 27.2 Å². The van der Waals surface area contributed by atoms with E-state index in [0.29, 0.717) is 27.7 Å². The van der Waals surface area contributed by atoms with E-state index in [0.717, 1.165) is 16.9 Å². The number of thiazole rings is 1. The standard InChI is InChI=1S/C21H17N3O4S/c1-3-27-16-9-7-15(8-10-16)19-22-21-24(23-19)20(26)18(29-21)12-14-5-4-6-17(11-14)28-13(2)25/h4-12H,3H2,1-2H3/b18-12+. The van der Waals surface area contributed by atoms with Crippen LogP contribution in [0.1, 0.15) is 19.4 Å². The summed E-state index contributed by atoms with van der Waals surface area (Å²) in [5, 5.41) is 4.35. The molecule has 146 valence electrons. The van der Waals surface area contributed by atoms with E-state index >= 15 is 0 Å². The van der Waals surface area contributed by atoms with Crippen LogP contribution >= 0.6 is 11.3 Å². The fraction of sp³-hybridized carbons (Fsp3) is 0.143. The summed E-state index contributed by atoms with van der Waals surface area (Å²) < 4.78 is 12.3. The smallest absolute Gasteiger partial charge is 0.308 e. The van der Waals surface area contributed by atoms with E-state index in [9.17, 15) is 9.59 Å². The summed E-state index contributed by atoms with van der Waals surface area (Å²) in [7, 11) is 0. The van der Waals surface area contributed by atoms with Crippen LogP contribution in [0.2, 0.25) is 0 Å². The molecule has 0 unspecified atom stereocenters. The zero-order chi connectivity index (χ0) is 20.4. The van der Waals surface area contributed by atoms with Gasteiger partial charge in [-0.25, -0.2) is 0 Å². The molecule has 0 aliphatic carbocycles. The van der Waals surface area contributed by atoms with Gasteiger partial charge in [0.2, 0.25) is 4.96 Å². The maximum absolute atomic E-state index is 12.7. The SMILES string of the molecule is CCOc1ccc(-c2nc3s/c(=C/c4cccc(OC(C)=O)c4)c(=O)n3n2)cc1. The lowest BCUT2D eigenvalue weighted by Gasteiger charge is -2.02. The first kappa shape index (κ1) is 18.8. The Hall–Kier alpha value is -3.52. The maximum atomic E-state index is 12.7. The summed E-state index contributed by atoms with van der Waals surface area (Å²) in [6.45, 7) is 3.87. The highest BCUT2D eigenvalue weighted by Crippen LogP contribution is 2.20. The molecule has 2 heterocycles. The van der Waals surface area contributed by atoms with Gasteiger partial charge in [-0.3, -0.25) is 9.59 Å². The van der Waals surface area contributed by atoms with Crippen molar-refractivity contribution >= 4 is 28.3 Å². The molecule has 29 heavy (non-hydrogen) atoms. The number of rotatable bonds is 5. The van der Waals surface area contributed by atoms with Crippen molar-refractivity contribution in [2.75, 3.05) is 6.61 Å². The van der Waals surface area contributed by atoms with Crippen molar-refractivity contribution in [1.29, 1.82) is 0 Å². The summed E-state index contributed by atoms with van der Waals surface area (Å²) in [6, 6.07) is 14.4. The minimum absolute atomic E-state index is 0.243. The van der Waals surface area contributed by atoms with Gasteiger partial charge in [-0.15, -0.1) is 5.10 Å². The fourth-order valence-corrected chi connectivity index (χ4v) is 3.72. The average Bonchev–Trinajstić information content (AvgIpc) is 3.22. The van der Waals surface area contributed by atoms with Gasteiger partial charge in [-0.2, -0.15) is 9.50 Å². The summed E-state index contributed by atoms with van der Waals surface area (Å²) in [5.41, 5.74) is 1.31. The number of hydrogen-bond donors (Lipinski definition) is 0. The molecule has 4 aromatic rings. The summed E-state index contributed by atoms with van der Waals surface area (Å²) >= 11 is 1.25. The minimum atomic E-state index is -0.396. The molecule has 0 aliphatic heterocycles. The van der Waals surface area contributed by atoms with Gasteiger partial charge in [0.25, 0.3) is 5.56 Å². The molecule has 0 bridgehead atoms. The molecule has 0 saturated carbocycles. The van der Waals surface area contributed by atoms with Gasteiger partial charge in [0.15, 0.2) is 5.82 Å². The number of nitrogens with zero attached hydrogens (tertiary/aromatic N) is 3. The molecule has 0 radical (unpaired) electrons. The second kappa shape index (κ2) is 7.84. The second-order valence-corrected chi connectivity index (χ2v) is 7.18. The van der Waals surface area contributed by atoms with Crippen molar-refractivity contribution in [3.8, 4) is 22.9 Å². The first-order chi connectivity index (χ1) is 14.0. The van der Waals surface area contributed by atoms with E-state index in [4.69, 9.17) is 9.47 Å². The highest BCUT2D eigenvalue weighted by atomic mass is 32.1. The van der Waals surface area contributed by atoms with Crippen molar-refractivity contribution < 1.29 is 14.3 Å². The van der Waals surface area contributed by atoms with Crippen LogP contribution in [0.3, 0.4) is 0 Å². The van der Waals surface area contributed by atoms with Crippen LogP contribution in [-0.2, 0) is 4.79 Å². The third-order valence-electron chi connectivity index (χ3n) is 4.02. The molecule has 0 atom stereocenters. The topological polar surface area (TPSA) is 82.8 Å². The molecule has 0 amide bonds. The van der Waals surface area contributed by atoms with Gasteiger partial charge < -0.3 is 9.47 Å². The number of carbonyl (C=O) groups is 1. The van der Waals surface area contributed by atoms with Crippen molar-refractivity contribution in [2.45, 2.75) is 13.8 Å². The van der Waals surface area contributed by atoms with Gasteiger partial charge in [0.1, 0.15) is 11.5 Å². The van der Waals surface area contributed by atoms with Crippen LogP contribution in [0.5, 0.6) is 11.5 Å². The van der Waals surface area contributed by atoms with Crippen LogP contribution in [0, 0.1) is 0 Å². The first-order valence-electron chi connectivity index (χ1n) is 8.96. The largest absolute Gasteiger partial charge is 0.494 e. The predicted molar refractivity (Wildman–Crippen MR) is 110 cm³/mol. The molecular formula is C21H17N3O4S. The van der Waals surface area contributed by atoms with Gasteiger partial charge in [-0.1, -0.05) is 23.5 Å². The van der Waals surface area contributed by atoms with Crippen molar-refractivity contribution in [2.24, 2.45) is 0 Å². The molecule has 2 aromatic heterocycles. The Labute approximate surface area is 169 Å². The lowest BCUT2D eigenvalue weighted by atomic mass is 10.2. The highest BCUT2D eigenvalue weighted by Gasteiger charge is 2.12. The van der Waals surface area contributed by atoms with Gasteiger partial charge >= 0.3 is 5.97 Å². The maximum Gasteiger partial charge on any atom is 0.308 e. The van der Waals surface area contributed by atoms with E-state index in [-0.39, 0.29) is 5.56 Å². The number of aromatic nitrogens is 3. The highest BCUT2D eigenvalue weighted by molar-refractivity contribution is 7.15. The van der Waals surface area contributed by atoms with E-state index in [1.54, 1.807) is 24.3 Å². The number of benzene rings is 2. The van der Waals surface area contributed by atoms with Gasteiger partial charge in [0.05, 0.1) is 11.1 Å². The molecule has 0 N–H and O–H groups in total. The van der Waals surface area contributed by atoms with E-state index in [1.165, 1.54) is 22.8 Å². The molecule has 0 saturated heterocycles. The third kappa shape index (κ3) is 4.02.